The van der Waals surface area contributed by atoms with Crippen LogP contribution in [0.25, 0.3) is 22.3 Å². The third-order valence-corrected chi connectivity index (χ3v) is 5.20. The molecule has 5 nitrogen and oxygen atoms in total. The maximum Gasteiger partial charge on any atom is 0.196 e. The van der Waals surface area contributed by atoms with Crippen molar-refractivity contribution < 1.29 is 4.42 Å². The molecule has 0 aliphatic rings. The van der Waals surface area contributed by atoms with Crippen molar-refractivity contribution in [2.24, 2.45) is 0 Å². The Hall–Kier alpha value is -3.91. The van der Waals surface area contributed by atoms with Gasteiger partial charge in [-0.3, -0.25) is 9.78 Å². The van der Waals surface area contributed by atoms with Crippen molar-refractivity contribution in [3.63, 3.8) is 0 Å². The van der Waals surface area contributed by atoms with Gasteiger partial charge in [-0.05, 0) is 56.7 Å². The summed E-state index contributed by atoms with van der Waals surface area (Å²) in [4.78, 5) is 17.3. The molecule has 5 heteroatoms. The molecule has 4 aromatic rings. The maximum atomic E-state index is 13.2. The summed E-state index contributed by atoms with van der Waals surface area (Å²) in [7, 11) is 0. The highest BCUT2D eigenvalue weighted by molar-refractivity contribution is 5.84. The summed E-state index contributed by atoms with van der Waals surface area (Å²) in [6.07, 6.45) is 3.38. The van der Waals surface area contributed by atoms with E-state index < -0.39 is 0 Å². The van der Waals surface area contributed by atoms with Crippen molar-refractivity contribution >= 4 is 16.7 Å². The van der Waals surface area contributed by atoms with E-state index in [1.54, 1.807) is 25.4 Å². The Morgan fingerprint density at radius 3 is 2.67 bits per heavy atom. The lowest BCUT2D eigenvalue weighted by Crippen LogP contribution is -2.13. The Morgan fingerprint density at radius 1 is 1.13 bits per heavy atom. The summed E-state index contributed by atoms with van der Waals surface area (Å²) in [6.45, 7) is 5.73. The van der Waals surface area contributed by atoms with Gasteiger partial charge in [0.25, 0.3) is 0 Å². The SMILES string of the molecule is Cc1cc([C@@H](C)Nc2ccccc2C#N)c2oc(-c3cccnc3)c(C)c(=O)c2c1. The van der Waals surface area contributed by atoms with Crippen LogP contribution in [0.4, 0.5) is 5.69 Å². The quantitative estimate of drug-likeness (QED) is 0.492. The lowest BCUT2D eigenvalue weighted by molar-refractivity contribution is 0.605. The first-order valence-electron chi connectivity index (χ1n) is 9.73. The molecule has 0 bridgehead atoms. The molecule has 0 aliphatic heterocycles. The fourth-order valence-electron chi connectivity index (χ4n) is 3.68. The largest absolute Gasteiger partial charge is 0.455 e. The molecule has 0 radical (unpaired) electrons. The average molecular weight is 395 g/mol. The summed E-state index contributed by atoms with van der Waals surface area (Å²) in [5.74, 6) is 0.523. The van der Waals surface area contributed by atoms with E-state index >= 15 is 0 Å². The Balaban J connectivity index is 1.90. The number of pyridine rings is 1. The number of para-hydroxylation sites is 1. The van der Waals surface area contributed by atoms with E-state index in [9.17, 15) is 10.1 Å². The van der Waals surface area contributed by atoms with E-state index in [1.165, 1.54) is 0 Å². The van der Waals surface area contributed by atoms with Crippen LogP contribution in [0.3, 0.4) is 0 Å². The maximum absolute atomic E-state index is 13.2. The fourth-order valence-corrected chi connectivity index (χ4v) is 3.68. The smallest absolute Gasteiger partial charge is 0.196 e. The van der Waals surface area contributed by atoms with Gasteiger partial charge in [-0.2, -0.15) is 5.26 Å². The van der Waals surface area contributed by atoms with Crippen LogP contribution in [-0.2, 0) is 0 Å². The third kappa shape index (κ3) is 3.44. The minimum Gasteiger partial charge on any atom is -0.455 e. The normalized spacial score (nSPS) is 11.8. The van der Waals surface area contributed by atoms with Gasteiger partial charge in [0.1, 0.15) is 17.4 Å². The van der Waals surface area contributed by atoms with Gasteiger partial charge in [0.05, 0.1) is 22.7 Å². The molecule has 148 valence electrons. The molecule has 2 aromatic heterocycles. The topological polar surface area (TPSA) is 78.9 Å². The molecule has 0 aliphatic carbocycles. The van der Waals surface area contributed by atoms with Gasteiger partial charge < -0.3 is 9.73 Å². The van der Waals surface area contributed by atoms with E-state index in [0.29, 0.717) is 27.9 Å². The van der Waals surface area contributed by atoms with Gasteiger partial charge in [-0.15, -0.1) is 0 Å². The van der Waals surface area contributed by atoms with Gasteiger partial charge >= 0.3 is 0 Å². The van der Waals surface area contributed by atoms with Crippen LogP contribution < -0.4 is 10.7 Å². The minimum absolute atomic E-state index is 0.0512. The van der Waals surface area contributed by atoms with Crippen LogP contribution in [0.15, 0.2) is 70.1 Å². The van der Waals surface area contributed by atoms with E-state index in [1.807, 2.05) is 56.3 Å². The number of rotatable bonds is 4. The van der Waals surface area contributed by atoms with Crippen LogP contribution in [0.5, 0.6) is 0 Å². The second-order valence-corrected chi connectivity index (χ2v) is 7.38. The molecular formula is C25H21N3O2. The summed E-state index contributed by atoms with van der Waals surface area (Å²) < 4.78 is 6.32. The molecule has 2 aromatic carbocycles. The van der Waals surface area contributed by atoms with Crippen LogP contribution in [0, 0.1) is 25.2 Å². The fraction of sp³-hybridized carbons (Fsp3) is 0.160. The number of anilines is 1. The van der Waals surface area contributed by atoms with Crippen molar-refractivity contribution in [3.8, 4) is 17.4 Å². The van der Waals surface area contributed by atoms with E-state index in [0.717, 1.165) is 22.4 Å². The van der Waals surface area contributed by atoms with Gasteiger partial charge in [0, 0.05) is 29.1 Å². The Kier molecular flexibility index (Phi) is 5.07. The zero-order valence-electron chi connectivity index (χ0n) is 17.1. The predicted molar refractivity (Wildman–Crippen MR) is 118 cm³/mol. The number of nitrogens with zero attached hydrogens (tertiary/aromatic N) is 2. The van der Waals surface area contributed by atoms with Gasteiger partial charge in [-0.25, -0.2) is 0 Å². The van der Waals surface area contributed by atoms with Crippen molar-refractivity contribution in [1.82, 2.24) is 4.98 Å². The van der Waals surface area contributed by atoms with Crippen LogP contribution in [0.2, 0.25) is 0 Å². The lowest BCUT2D eigenvalue weighted by atomic mass is 9.99. The van der Waals surface area contributed by atoms with Gasteiger partial charge in [0.15, 0.2) is 5.43 Å². The first kappa shape index (κ1) is 19.4. The molecule has 0 fully saturated rings. The first-order chi connectivity index (χ1) is 14.5. The highest BCUT2D eigenvalue weighted by atomic mass is 16.3. The molecule has 30 heavy (non-hydrogen) atoms. The summed E-state index contributed by atoms with van der Waals surface area (Å²) >= 11 is 0. The van der Waals surface area contributed by atoms with Crippen molar-refractivity contribution in [2.45, 2.75) is 26.8 Å². The highest BCUT2D eigenvalue weighted by Crippen LogP contribution is 2.32. The van der Waals surface area contributed by atoms with E-state index in [4.69, 9.17) is 4.42 Å². The molecular weight excluding hydrogens is 374 g/mol. The van der Waals surface area contributed by atoms with E-state index in [-0.39, 0.29) is 11.5 Å². The van der Waals surface area contributed by atoms with Crippen molar-refractivity contribution in [2.75, 3.05) is 5.32 Å². The van der Waals surface area contributed by atoms with Crippen LogP contribution >= 0.6 is 0 Å². The Labute approximate surface area is 174 Å². The summed E-state index contributed by atoms with van der Waals surface area (Å²) in [5, 5.41) is 13.3. The van der Waals surface area contributed by atoms with Gasteiger partial charge in [-0.1, -0.05) is 18.2 Å². The standard InChI is InChI=1S/C25H21N3O2/c1-15-11-20(17(3)28-22-9-5-4-7-18(22)13-26)25-21(12-15)23(29)16(2)24(30-25)19-8-6-10-27-14-19/h4-12,14,17,28H,1-3H3/t17-/m1/s1. The molecule has 2 heterocycles. The van der Waals surface area contributed by atoms with Crippen LogP contribution in [0.1, 0.15) is 35.2 Å². The van der Waals surface area contributed by atoms with Crippen molar-refractivity contribution in [1.29, 1.82) is 5.26 Å². The minimum atomic E-state index is -0.186. The molecule has 0 amide bonds. The summed E-state index contributed by atoms with van der Waals surface area (Å²) in [6, 6.07) is 16.9. The molecule has 0 saturated heterocycles. The molecule has 1 atom stereocenters. The van der Waals surface area contributed by atoms with Crippen LogP contribution in [-0.4, -0.2) is 4.98 Å². The molecule has 0 spiro atoms. The number of hydrogen-bond donors (Lipinski definition) is 1. The number of hydrogen-bond acceptors (Lipinski definition) is 5. The number of fused-ring (bicyclic) bond motifs is 1. The number of nitriles is 1. The number of aromatic nitrogens is 1. The second-order valence-electron chi connectivity index (χ2n) is 7.38. The highest BCUT2D eigenvalue weighted by Gasteiger charge is 2.19. The average Bonchev–Trinajstić information content (AvgIpc) is 2.77. The Morgan fingerprint density at radius 2 is 1.93 bits per heavy atom. The zero-order chi connectivity index (χ0) is 21.3. The zero-order valence-corrected chi connectivity index (χ0v) is 17.1. The molecule has 1 N–H and O–H groups in total. The lowest BCUT2D eigenvalue weighted by Gasteiger charge is -2.19. The van der Waals surface area contributed by atoms with Gasteiger partial charge in [0.2, 0.25) is 0 Å². The predicted octanol–water partition coefficient (Wildman–Crippen LogP) is 5.52. The Bertz CT molecular complexity index is 1330. The number of aryl methyl sites for hydroxylation is 1. The van der Waals surface area contributed by atoms with E-state index in [2.05, 4.69) is 16.4 Å². The van der Waals surface area contributed by atoms with Crippen molar-refractivity contribution in [3.05, 3.63) is 93.4 Å². The first-order valence-corrected chi connectivity index (χ1v) is 9.73. The monoisotopic (exact) mass is 395 g/mol. The number of benzene rings is 2. The molecule has 4 rings (SSSR count). The molecule has 0 unspecified atom stereocenters. The summed E-state index contributed by atoms with van der Waals surface area (Å²) in [5.41, 5.74) is 4.95. The number of nitrogens with one attached hydrogen (secondary N) is 1. The second kappa shape index (κ2) is 7.84. The third-order valence-electron chi connectivity index (χ3n) is 5.20. The molecule has 0 saturated carbocycles.